The number of rotatable bonds is 3. The molecule has 6 heteroatoms. The molecule has 0 spiro atoms. The third-order valence-electron chi connectivity index (χ3n) is 2.73. The molecule has 0 radical (unpaired) electrons. The lowest BCUT2D eigenvalue weighted by molar-refractivity contribution is 0.550. The first-order valence-corrected chi connectivity index (χ1v) is 7.30. The lowest BCUT2D eigenvalue weighted by atomic mass is 10.3. The van der Waals surface area contributed by atoms with Crippen LogP contribution in [0.4, 0.5) is 5.69 Å². The van der Waals surface area contributed by atoms with Gasteiger partial charge in [-0.25, -0.2) is 0 Å². The minimum Gasteiger partial charge on any atom is -0.426 e. The molecule has 3 rings (SSSR count). The van der Waals surface area contributed by atoms with E-state index in [1.54, 1.807) is 0 Å². The topological polar surface area (TPSA) is 72.0 Å². The molecule has 2 aromatic rings. The average Bonchev–Trinajstić information content (AvgIpc) is 3.33. The standard InChI is InChI=1S/C15H14N4OS/c16-21-13-8-6-11(7-9-13)18-15(19-14-10-17-14)20-12-4-2-1-3-5-12/h1-9H,10,16H2,(H,17,18,19). The molecule has 0 unspecified atom stereocenters. The van der Waals surface area contributed by atoms with Crippen LogP contribution in [0.3, 0.4) is 0 Å². The van der Waals surface area contributed by atoms with Crippen LogP contribution in [-0.4, -0.2) is 18.4 Å². The first-order valence-electron chi connectivity index (χ1n) is 6.42. The molecule has 0 saturated heterocycles. The summed E-state index contributed by atoms with van der Waals surface area (Å²) in [5.74, 6) is 1.50. The maximum absolute atomic E-state index is 5.75. The Morgan fingerprint density at radius 2 is 1.86 bits per heavy atom. The van der Waals surface area contributed by atoms with Gasteiger partial charge >= 0.3 is 6.02 Å². The van der Waals surface area contributed by atoms with E-state index in [9.17, 15) is 0 Å². The molecule has 2 aromatic carbocycles. The molecule has 0 aromatic heterocycles. The van der Waals surface area contributed by atoms with Crippen molar-refractivity contribution >= 4 is 29.5 Å². The molecule has 1 aliphatic heterocycles. The number of ether oxygens (including phenoxy) is 1. The number of benzene rings is 2. The second-order valence-electron chi connectivity index (χ2n) is 4.33. The highest BCUT2D eigenvalue weighted by Gasteiger charge is 2.12. The van der Waals surface area contributed by atoms with Crippen LogP contribution in [0.25, 0.3) is 0 Å². The average molecular weight is 298 g/mol. The number of nitrogens with two attached hydrogens (primary N) is 1. The minimum absolute atomic E-state index is 0.408. The van der Waals surface area contributed by atoms with Crippen molar-refractivity contribution in [1.29, 1.82) is 0 Å². The number of hydrogen-bond donors (Lipinski definition) is 2. The normalized spacial score (nSPS) is 13.6. The van der Waals surface area contributed by atoms with E-state index < -0.39 is 0 Å². The Bertz CT molecular complexity index is 668. The van der Waals surface area contributed by atoms with Gasteiger partial charge in [-0.05, 0) is 48.3 Å². The van der Waals surface area contributed by atoms with Crippen molar-refractivity contribution < 1.29 is 4.74 Å². The van der Waals surface area contributed by atoms with Crippen molar-refractivity contribution in [2.45, 2.75) is 4.90 Å². The van der Waals surface area contributed by atoms with Crippen LogP contribution in [-0.2, 0) is 0 Å². The van der Waals surface area contributed by atoms with Crippen molar-refractivity contribution in [1.82, 2.24) is 0 Å². The van der Waals surface area contributed by atoms with Crippen LogP contribution in [0.1, 0.15) is 0 Å². The number of anilines is 1. The fourth-order valence-corrected chi connectivity index (χ4v) is 1.93. The molecule has 3 N–H and O–H groups in total. The molecule has 21 heavy (non-hydrogen) atoms. The number of nitrogens with one attached hydrogen (secondary N) is 1. The fourth-order valence-electron chi connectivity index (χ4n) is 1.64. The second kappa shape index (κ2) is 6.43. The van der Waals surface area contributed by atoms with Gasteiger partial charge in [0.25, 0.3) is 0 Å². The van der Waals surface area contributed by atoms with E-state index in [0.717, 1.165) is 22.2 Å². The van der Waals surface area contributed by atoms with E-state index in [0.29, 0.717) is 12.6 Å². The highest BCUT2D eigenvalue weighted by molar-refractivity contribution is 7.97. The summed E-state index contributed by atoms with van der Waals surface area (Å²) in [6, 6.07) is 17.6. The molecule has 0 amide bonds. The van der Waals surface area contributed by atoms with Gasteiger partial charge in [0.1, 0.15) is 12.3 Å². The summed E-state index contributed by atoms with van der Waals surface area (Å²) in [6.07, 6.45) is 0. The van der Waals surface area contributed by atoms with E-state index in [1.807, 2.05) is 54.6 Å². The van der Waals surface area contributed by atoms with E-state index >= 15 is 0 Å². The number of nitrogens with zero attached hydrogens (tertiary/aromatic N) is 2. The van der Waals surface area contributed by atoms with Crippen LogP contribution in [0, 0.1) is 0 Å². The number of para-hydroxylation sites is 1. The molecule has 1 heterocycles. The smallest absolute Gasteiger partial charge is 0.301 e. The van der Waals surface area contributed by atoms with Crippen molar-refractivity contribution in [2.24, 2.45) is 15.1 Å². The van der Waals surface area contributed by atoms with Gasteiger partial charge in [-0.3, -0.25) is 10.1 Å². The first kappa shape index (κ1) is 13.7. The van der Waals surface area contributed by atoms with Gasteiger partial charge in [0.15, 0.2) is 5.84 Å². The molecule has 106 valence electrons. The van der Waals surface area contributed by atoms with Gasteiger partial charge in [-0.15, -0.1) is 0 Å². The lowest BCUT2D eigenvalue weighted by Gasteiger charge is -2.10. The van der Waals surface area contributed by atoms with Gasteiger partial charge in [-0.2, -0.15) is 4.99 Å². The minimum atomic E-state index is 0.408. The van der Waals surface area contributed by atoms with Crippen LogP contribution in [0.5, 0.6) is 5.75 Å². The van der Waals surface area contributed by atoms with E-state index in [1.165, 1.54) is 11.9 Å². The third kappa shape index (κ3) is 4.08. The molecule has 5 nitrogen and oxygen atoms in total. The zero-order valence-electron chi connectivity index (χ0n) is 11.2. The highest BCUT2D eigenvalue weighted by atomic mass is 32.2. The van der Waals surface area contributed by atoms with Gasteiger partial charge < -0.3 is 10.1 Å². The Morgan fingerprint density at radius 1 is 1.14 bits per heavy atom. The van der Waals surface area contributed by atoms with Gasteiger partial charge in [0, 0.05) is 10.6 Å². The van der Waals surface area contributed by atoms with E-state index in [-0.39, 0.29) is 0 Å². The Hall–Kier alpha value is -2.31. The Kier molecular flexibility index (Phi) is 4.18. The Morgan fingerprint density at radius 3 is 2.48 bits per heavy atom. The number of aliphatic imine (C=N–C) groups is 2. The lowest BCUT2D eigenvalue weighted by Crippen LogP contribution is -2.20. The molecule has 1 aliphatic rings. The Labute approximate surface area is 127 Å². The zero-order chi connectivity index (χ0) is 14.5. The van der Waals surface area contributed by atoms with Crippen LogP contribution < -0.4 is 15.2 Å². The van der Waals surface area contributed by atoms with E-state index in [2.05, 4.69) is 15.3 Å². The van der Waals surface area contributed by atoms with E-state index in [4.69, 9.17) is 9.88 Å². The highest BCUT2D eigenvalue weighted by Crippen LogP contribution is 2.17. The van der Waals surface area contributed by atoms with Gasteiger partial charge in [0.2, 0.25) is 0 Å². The third-order valence-corrected chi connectivity index (χ3v) is 3.27. The molecule has 0 atom stereocenters. The van der Waals surface area contributed by atoms with Gasteiger partial charge in [0.05, 0.1) is 0 Å². The maximum Gasteiger partial charge on any atom is 0.301 e. The van der Waals surface area contributed by atoms with Crippen molar-refractivity contribution in [3.05, 3.63) is 54.6 Å². The predicted octanol–water partition coefficient (Wildman–Crippen LogP) is 2.91. The monoisotopic (exact) mass is 298 g/mol. The summed E-state index contributed by atoms with van der Waals surface area (Å²) in [4.78, 5) is 9.36. The van der Waals surface area contributed by atoms with Crippen molar-refractivity contribution in [2.75, 3.05) is 11.9 Å². The van der Waals surface area contributed by atoms with Crippen LogP contribution >= 0.6 is 11.9 Å². The summed E-state index contributed by atoms with van der Waals surface area (Å²) >= 11 is 1.21. The summed E-state index contributed by atoms with van der Waals surface area (Å²) in [5, 5.41) is 8.66. The molecule has 0 saturated carbocycles. The SMILES string of the molecule is NSc1ccc(NC(=NC2=NC2)Oc2ccccc2)cc1. The largest absolute Gasteiger partial charge is 0.426 e. The maximum atomic E-state index is 5.75. The number of amidine groups is 2. The quantitative estimate of drug-likeness (QED) is 0.519. The van der Waals surface area contributed by atoms with Crippen molar-refractivity contribution in [3.8, 4) is 5.75 Å². The molecule has 0 aliphatic carbocycles. The van der Waals surface area contributed by atoms with Gasteiger partial charge in [-0.1, -0.05) is 18.2 Å². The molecule has 0 bridgehead atoms. The fraction of sp³-hybridized carbons (Fsp3) is 0.0667. The predicted molar refractivity (Wildman–Crippen MR) is 86.9 cm³/mol. The first-order chi connectivity index (χ1) is 10.3. The number of hydrogen-bond acceptors (Lipinski definition) is 5. The molecular formula is C15H14N4OS. The summed E-state index contributed by atoms with van der Waals surface area (Å²) in [6.45, 7) is 0.673. The molecular weight excluding hydrogens is 284 g/mol. The van der Waals surface area contributed by atoms with Crippen molar-refractivity contribution in [3.63, 3.8) is 0 Å². The molecule has 0 fully saturated rings. The summed E-state index contributed by atoms with van der Waals surface area (Å²) in [7, 11) is 0. The second-order valence-corrected chi connectivity index (χ2v) is 5.04. The van der Waals surface area contributed by atoms with Crippen LogP contribution in [0.15, 0.2) is 69.5 Å². The Balaban J connectivity index is 1.74. The summed E-state index contributed by atoms with van der Waals surface area (Å²) in [5.41, 5.74) is 0.878. The zero-order valence-corrected chi connectivity index (χ0v) is 12.0. The summed E-state index contributed by atoms with van der Waals surface area (Å²) < 4.78 is 5.75. The van der Waals surface area contributed by atoms with Crippen LogP contribution in [0.2, 0.25) is 0 Å².